The minimum atomic E-state index is -0.217. The lowest BCUT2D eigenvalue weighted by molar-refractivity contribution is 0.182. The number of ether oxygens (including phenoxy) is 1. The van der Waals surface area contributed by atoms with Crippen LogP contribution in [0.5, 0.6) is 0 Å². The largest absolute Gasteiger partial charge is 0.385 e. The molecule has 12 heavy (non-hydrogen) atoms. The zero-order valence-electron chi connectivity index (χ0n) is 7.28. The van der Waals surface area contributed by atoms with Gasteiger partial charge in [0.1, 0.15) is 0 Å². The fourth-order valence-electron chi connectivity index (χ4n) is 0.832. The van der Waals surface area contributed by atoms with Crippen LogP contribution in [0.3, 0.4) is 0 Å². The number of rotatable bonds is 4. The van der Waals surface area contributed by atoms with Crippen molar-refractivity contribution in [2.75, 3.05) is 13.7 Å². The molecule has 1 heterocycles. The van der Waals surface area contributed by atoms with Crippen LogP contribution < -0.4 is 5.73 Å². The monoisotopic (exact) mass is 171 g/mol. The van der Waals surface area contributed by atoms with Gasteiger partial charge in [0, 0.05) is 13.7 Å². The van der Waals surface area contributed by atoms with E-state index in [-0.39, 0.29) is 6.04 Å². The van der Waals surface area contributed by atoms with Crippen molar-refractivity contribution >= 4 is 0 Å². The number of hydrogen-bond acceptors (Lipinski definition) is 5. The fraction of sp³-hybridized carbons (Fsp3) is 0.714. The Balaban J connectivity index is 2.47. The number of nitrogens with zero attached hydrogens (tertiary/aromatic N) is 2. The normalized spacial score (nSPS) is 13.2. The van der Waals surface area contributed by atoms with Gasteiger partial charge in [0.25, 0.3) is 0 Å². The molecule has 0 aliphatic heterocycles. The predicted octanol–water partition coefficient (Wildman–Crippen LogP) is 0.414. The maximum Gasteiger partial charge on any atom is 0.243 e. The molecule has 5 heteroatoms. The molecule has 0 spiro atoms. The summed E-state index contributed by atoms with van der Waals surface area (Å²) in [5.74, 6) is 1.09. The first-order chi connectivity index (χ1) is 5.74. The van der Waals surface area contributed by atoms with E-state index in [4.69, 9.17) is 15.0 Å². The zero-order valence-corrected chi connectivity index (χ0v) is 7.28. The van der Waals surface area contributed by atoms with Crippen molar-refractivity contribution in [1.82, 2.24) is 10.1 Å². The highest BCUT2D eigenvalue weighted by Crippen LogP contribution is 2.10. The average Bonchev–Trinajstić information content (AvgIpc) is 2.47. The van der Waals surface area contributed by atoms with Gasteiger partial charge in [0.15, 0.2) is 5.82 Å². The summed E-state index contributed by atoms with van der Waals surface area (Å²) in [7, 11) is 1.63. The summed E-state index contributed by atoms with van der Waals surface area (Å²) in [5.41, 5.74) is 5.72. The summed E-state index contributed by atoms with van der Waals surface area (Å²) in [6.07, 6.45) is 0.693. The summed E-state index contributed by atoms with van der Waals surface area (Å²) in [5, 5.41) is 3.64. The molecule has 1 aromatic rings. The average molecular weight is 171 g/mol. The summed E-state index contributed by atoms with van der Waals surface area (Å²) in [4.78, 5) is 4.01. The highest BCUT2D eigenvalue weighted by Gasteiger charge is 2.12. The van der Waals surface area contributed by atoms with Crippen LogP contribution in [-0.2, 0) is 4.74 Å². The number of methoxy groups -OCH3 is 1. The summed E-state index contributed by atoms with van der Waals surface area (Å²) < 4.78 is 9.75. The molecule has 0 bridgehead atoms. The summed E-state index contributed by atoms with van der Waals surface area (Å²) in [6, 6.07) is -0.217. The van der Waals surface area contributed by atoms with E-state index in [2.05, 4.69) is 10.1 Å². The molecule has 0 radical (unpaired) electrons. The molecule has 1 atom stereocenters. The Morgan fingerprint density at radius 2 is 2.42 bits per heavy atom. The van der Waals surface area contributed by atoms with Gasteiger partial charge in [0.05, 0.1) is 6.04 Å². The molecule has 0 saturated carbocycles. The van der Waals surface area contributed by atoms with Crippen molar-refractivity contribution in [2.45, 2.75) is 19.4 Å². The first-order valence-electron chi connectivity index (χ1n) is 3.78. The lowest BCUT2D eigenvalue weighted by Gasteiger charge is -2.03. The van der Waals surface area contributed by atoms with Crippen molar-refractivity contribution < 1.29 is 9.26 Å². The van der Waals surface area contributed by atoms with Crippen LogP contribution in [0.25, 0.3) is 0 Å². The molecule has 1 rings (SSSR count). The Bertz CT molecular complexity index is 236. The van der Waals surface area contributed by atoms with Crippen molar-refractivity contribution in [3.63, 3.8) is 0 Å². The van der Waals surface area contributed by atoms with E-state index in [0.29, 0.717) is 24.7 Å². The highest BCUT2D eigenvalue weighted by molar-refractivity contribution is 4.89. The highest BCUT2D eigenvalue weighted by atomic mass is 16.5. The predicted molar refractivity (Wildman–Crippen MR) is 42.5 cm³/mol. The summed E-state index contributed by atoms with van der Waals surface area (Å²) in [6.45, 7) is 2.36. The van der Waals surface area contributed by atoms with E-state index in [0.717, 1.165) is 0 Å². The topological polar surface area (TPSA) is 74.2 Å². The van der Waals surface area contributed by atoms with E-state index in [1.54, 1.807) is 14.0 Å². The molecule has 0 aromatic carbocycles. The minimum absolute atomic E-state index is 0.217. The molecular weight excluding hydrogens is 158 g/mol. The number of aryl methyl sites for hydroxylation is 1. The molecule has 5 nitrogen and oxygen atoms in total. The van der Waals surface area contributed by atoms with Gasteiger partial charge in [-0.2, -0.15) is 4.98 Å². The number of hydrogen-bond donors (Lipinski definition) is 1. The molecule has 0 fully saturated rings. The molecule has 2 N–H and O–H groups in total. The van der Waals surface area contributed by atoms with Gasteiger partial charge >= 0.3 is 0 Å². The van der Waals surface area contributed by atoms with Gasteiger partial charge in [-0.1, -0.05) is 5.16 Å². The Hall–Kier alpha value is -0.940. The molecule has 0 saturated heterocycles. The smallest absolute Gasteiger partial charge is 0.243 e. The Morgan fingerprint density at radius 3 is 2.92 bits per heavy atom. The third-order valence-corrected chi connectivity index (χ3v) is 1.49. The van der Waals surface area contributed by atoms with Gasteiger partial charge in [-0.05, 0) is 13.3 Å². The van der Waals surface area contributed by atoms with Crippen LogP contribution in [0.4, 0.5) is 0 Å². The summed E-state index contributed by atoms with van der Waals surface area (Å²) >= 11 is 0. The Morgan fingerprint density at radius 1 is 1.67 bits per heavy atom. The first kappa shape index (κ1) is 9.15. The van der Waals surface area contributed by atoms with Crippen LogP contribution in [0.1, 0.15) is 24.2 Å². The second kappa shape index (κ2) is 4.18. The van der Waals surface area contributed by atoms with Gasteiger partial charge in [-0.15, -0.1) is 0 Å². The molecule has 68 valence electrons. The lowest BCUT2D eigenvalue weighted by atomic mass is 10.2. The van der Waals surface area contributed by atoms with E-state index in [9.17, 15) is 0 Å². The molecule has 0 aliphatic rings. The van der Waals surface area contributed by atoms with Crippen molar-refractivity contribution in [2.24, 2.45) is 5.73 Å². The maximum absolute atomic E-state index is 5.72. The van der Waals surface area contributed by atoms with Crippen LogP contribution in [0, 0.1) is 6.92 Å². The third-order valence-electron chi connectivity index (χ3n) is 1.49. The standard InChI is InChI=1S/C7H13N3O2/c1-5-9-7(12-10-5)6(8)3-4-11-2/h6H,3-4,8H2,1-2H3. The lowest BCUT2D eigenvalue weighted by Crippen LogP contribution is -2.12. The van der Waals surface area contributed by atoms with Gasteiger partial charge < -0.3 is 15.0 Å². The maximum atomic E-state index is 5.72. The van der Waals surface area contributed by atoms with Crippen LogP contribution >= 0.6 is 0 Å². The van der Waals surface area contributed by atoms with E-state index in [1.807, 2.05) is 0 Å². The first-order valence-corrected chi connectivity index (χ1v) is 3.78. The second-order valence-corrected chi connectivity index (χ2v) is 2.57. The zero-order chi connectivity index (χ0) is 8.97. The third kappa shape index (κ3) is 2.28. The van der Waals surface area contributed by atoms with E-state index in [1.165, 1.54) is 0 Å². The Labute approximate surface area is 70.9 Å². The molecule has 1 unspecified atom stereocenters. The van der Waals surface area contributed by atoms with Gasteiger partial charge in [-0.25, -0.2) is 0 Å². The number of aromatic nitrogens is 2. The molecule has 1 aromatic heterocycles. The molecule has 0 amide bonds. The molecule has 0 aliphatic carbocycles. The van der Waals surface area contributed by atoms with Crippen molar-refractivity contribution in [3.8, 4) is 0 Å². The number of nitrogens with two attached hydrogens (primary N) is 1. The van der Waals surface area contributed by atoms with Crippen LogP contribution in [-0.4, -0.2) is 23.9 Å². The van der Waals surface area contributed by atoms with Crippen molar-refractivity contribution in [3.05, 3.63) is 11.7 Å². The van der Waals surface area contributed by atoms with E-state index >= 15 is 0 Å². The second-order valence-electron chi connectivity index (χ2n) is 2.57. The van der Waals surface area contributed by atoms with E-state index < -0.39 is 0 Å². The van der Waals surface area contributed by atoms with Crippen LogP contribution in [0.15, 0.2) is 4.52 Å². The SMILES string of the molecule is COCCC(N)c1nc(C)no1. The Kier molecular flexibility index (Phi) is 3.19. The van der Waals surface area contributed by atoms with Crippen LogP contribution in [0.2, 0.25) is 0 Å². The van der Waals surface area contributed by atoms with Gasteiger partial charge in [-0.3, -0.25) is 0 Å². The minimum Gasteiger partial charge on any atom is -0.385 e. The quantitative estimate of drug-likeness (QED) is 0.710. The van der Waals surface area contributed by atoms with Crippen molar-refractivity contribution in [1.29, 1.82) is 0 Å². The molecular formula is C7H13N3O2. The fourth-order valence-corrected chi connectivity index (χ4v) is 0.832. The van der Waals surface area contributed by atoms with Gasteiger partial charge in [0.2, 0.25) is 5.89 Å².